The van der Waals surface area contributed by atoms with Crippen molar-refractivity contribution in [2.45, 2.75) is 20.8 Å². The van der Waals surface area contributed by atoms with Crippen molar-refractivity contribution in [2.75, 3.05) is 31.2 Å². The Morgan fingerprint density at radius 2 is 2.12 bits per heavy atom. The molecule has 0 aliphatic carbocycles. The topological polar surface area (TPSA) is 29.5 Å². The number of hydrogen-bond donors (Lipinski definition) is 0. The van der Waals surface area contributed by atoms with Crippen LogP contribution in [-0.4, -0.2) is 32.6 Å². The van der Waals surface area contributed by atoms with Gasteiger partial charge in [0, 0.05) is 30.9 Å². The van der Waals surface area contributed by atoms with Crippen molar-refractivity contribution in [3.8, 4) is 0 Å². The summed E-state index contributed by atoms with van der Waals surface area (Å²) >= 11 is 0. The number of hydrogen-bond acceptors (Lipinski definition) is 3. The normalized spacial score (nSPS) is 10.3. The van der Waals surface area contributed by atoms with Crippen LogP contribution in [0, 0.1) is 6.92 Å². The Kier molecular flexibility index (Phi) is 5.70. The highest BCUT2D eigenvalue weighted by molar-refractivity contribution is 5.85. The number of aldehydes is 1. The lowest BCUT2D eigenvalue weighted by Crippen LogP contribution is -2.28. The van der Waals surface area contributed by atoms with Gasteiger partial charge in [0.25, 0.3) is 0 Å². The number of benzene rings is 1. The molecule has 0 bridgehead atoms. The monoisotopic (exact) mass is 235 g/mol. The third-order valence-electron chi connectivity index (χ3n) is 2.74. The number of nitrogens with zero attached hydrogens (tertiary/aromatic N) is 1. The molecule has 3 heteroatoms. The zero-order chi connectivity index (χ0) is 12.7. The minimum Gasteiger partial charge on any atom is -0.380 e. The predicted octanol–water partition coefficient (Wildman–Crippen LogP) is 2.67. The van der Waals surface area contributed by atoms with E-state index in [2.05, 4.69) is 11.8 Å². The molecule has 1 rings (SSSR count). The van der Waals surface area contributed by atoms with Crippen LogP contribution in [0.1, 0.15) is 29.8 Å². The SMILES string of the molecule is CCOCCN(CC)c1ccc(C)cc1C=O. The van der Waals surface area contributed by atoms with Crippen molar-refractivity contribution in [1.29, 1.82) is 0 Å². The Bertz CT molecular complexity index is 363. The molecule has 3 nitrogen and oxygen atoms in total. The molecule has 0 aromatic heterocycles. The van der Waals surface area contributed by atoms with Crippen molar-refractivity contribution in [3.05, 3.63) is 29.3 Å². The number of rotatable bonds is 7. The van der Waals surface area contributed by atoms with Gasteiger partial charge in [-0.05, 0) is 32.9 Å². The van der Waals surface area contributed by atoms with E-state index in [4.69, 9.17) is 4.74 Å². The Hall–Kier alpha value is -1.35. The smallest absolute Gasteiger partial charge is 0.152 e. The summed E-state index contributed by atoms with van der Waals surface area (Å²) in [7, 11) is 0. The Balaban J connectivity index is 2.83. The first-order valence-corrected chi connectivity index (χ1v) is 6.11. The van der Waals surface area contributed by atoms with Gasteiger partial charge in [-0.1, -0.05) is 11.6 Å². The lowest BCUT2D eigenvalue weighted by atomic mass is 10.1. The summed E-state index contributed by atoms with van der Waals surface area (Å²) in [5, 5.41) is 0. The molecular weight excluding hydrogens is 214 g/mol. The largest absolute Gasteiger partial charge is 0.380 e. The molecule has 17 heavy (non-hydrogen) atoms. The summed E-state index contributed by atoms with van der Waals surface area (Å²) in [5.41, 5.74) is 2.85. The zero-order valence-electron chi connectivity index (χ0n) is 10.9. The molecule has 0 unspecified atom stereocenters. The Morgan fingerprint density at radius 3 is 2.71 bits per heavy atom. The zero-order valence-corrected chi connectivity index (χ0v) is 10.9. The first-order valence-electron chi connectivity index (χ1n) is 6.11. The fourth-order valence-corrected chi connectivity index (χ4v) is 1.82. The number of likely N-dealkylation sites (N-methyl/N-ethyl adjacent to an activating group) is 1. The second kappa shape index (κ2) is 7.07. The van der Waals surface area contributed by atoms with Crippen molar-refractivity contribution in [1.82, 2.24) is 0 Å². The summed E-state index contributed by atoms with van der Waals surface area (Å²) in [5.74, 6) is 0. The Labute approximate surface area is 103 Å². The average Bonchev–Trinajstić information content (AvgIpc) is 2.35. The van der Waals surface area contributed by atoms with Gasteiger partial charge >= 0.3 is 0 Å². The number of aryl methyl sites for hydroxylation is 1. The van der Waals surface area contributed by atoms with Crippen LogP contribution in [0.3, 0.4) is 0 Å². The highest BCUT2D eigenvalue weighted by atomic mass is 16.5. The van der Waals surface area contributed by atoms with E-state index in [0.29, 0.717) is 6.61 Å². The van der Waals surface area contributed by atoms with Gasteiger partial charge in [-0.3, -0.25) is 4.79 Å². The molecule has 1 aromatic rings. The first-order chi connectivity index (χ1) is 8.22. The summed E-state index contributed by atoms with van der Waals surface area (Å²) in [6.45, 7) is 9.17. The number of anilines is 1. The third-order valence-corrected chi connectivity index (χ3v) is 2.74. The van der Waals surface area contributed by atoms with Crippen LogP contribution in [0.15, 0.2) is 18.2 Å². The van der Waals surface area contributed by atoms with Crippen LogP contribution in [0.4, 0.5) is 5.69 Å². The second-order valence-electron chi connectivity index (χ2n) is 3.96. The molecule has 0 N–H and O–H groups in total. The van der Waals surface area contributed by atoms with Gasteiger partial charge in [0.15, 0.2) is 6.29 Å². The summed E-state index contributed by atoms with van der Waals surface area (Å²) in [4.78, 5) is 13.2. The second-order valence-corrected chi connectivity index (χ2v) is 3.96. The van der Waals surface area contributed by atoms with Crippen molar-refractivity contribution in [3.63, 3.8) is 0 Å². The fraction of sp³-hybridized carbons (Fsp3) is 0.500. The predicted molar refractivity (Wildman–Crippen MR) is 70.9 cm³/mol. The maximum atomic E-state index is 11.1. The maximum Gasteiger partial charge on any atom is 0.152 e. The van der Waals surface area contributed by atoms with Crippen LogP contribution in [0.25, 0.3) is 0 Å². The summed E-state index contributed by atoms with van der Waals surface area (Å²) in [6.07, 6.45) is 0.922. The minimum atomic E-state index is 0.691. The number of carbonyl (C=O) groups is 1. The minimum absolute atomic E-state index is 0.691. The lowest BCUT2D eigenvalue weighted by Gasteiger charge is -2.24. The summed E-state index contributed by atoms with van der Waals surface area (Å²) in [6, 6.07) is 5.96. The van der Waals surface area contributed by atoms with Crippen LogP contribution in [0.5, 0.6) is 0 Å². The molecule has 0 heterocycles. The van der Waals surface area contributed by atoms with E-state index in [1.807, 2.05) is 32.0 Å². The molecule has 0 saturated carbocycles. The van der Waals surface area contributed by atoms with E-state index in [-0.39, 0.29) is 0 Å². The van der Waals surface area contributed by atoms with Gasteiger partial charge in [0.1, 0.15) is 0 Å². The van der Waals surface area contributed by atoms with Gasteiger partial charge in [0.05, 0.1) is 6.61 Å². The van der Waals surface area contributed by atoms with Crippen molar-refractivity contribution >= 4 is 12.0 Å². The fourth-order valence-electron chi connectivity index (χ4n) is 1.82. The quantitative estimate of drug-likeness (QED) is 0.537. The van der Waals surface area contributed by atoms with E-state index in [1.165, 1.54) is 0 Å². The molecule has 0 fully saturated rings. The van der Waals surface area contributed by atoms with Crippen LogP contribution in [0.2, 0.25) is 0 Å². The van der Waals surface area contributed by atoms with Crippen molar-refractivity contribution in [2.24, 2.45) is 0 Å². The van der Waals surface area contributed by atoms with E-state index < -0.39 is 0 Å². The van der Waals surface area contributed by atoms with Gasteiger partial charge in [0.2, 0.25) is 0 Å². The molecule has 1 aromatic carbocycles. The highest BCUT2D eigenvalue weighted by Gasteiger charge is 2.09. The molecule has 0 aliphatic heterocycles. The molecule has 0 radical (unpaired) electrons. The molecule has 0 saturated heterocycles. The average molecular weight is 235 g/mol. The maximum absolute atomic E-state index is 11.1. The molecule has 0 atom stereocenters. The molecule has 0 aliphatic rings. The van der Waals surface area contributed by atoms with Gasteiger partial charge in [-0.25, -0.2) is 0 Å². The lowest BCUT2D eigenvalue weighted by molar-refractivity contribution is 0.112. The summed E-state index contributed by atoms with van der Waals surface area (Å²) < 4.78 is 5.35. The van der Waals surface area contributed by atoms with Gasteiger partial charge in [-0.15, -0.1) is 0 Å². The number of ether oxygens (including phenoxy) is 1. The van der Waals surface area contributed by atoms with E-state index >= 15 is 0 Å². The van der Waals surface area contributed by atoms with Gasteiger partial charge in [-0.2, -0.15) is 0 Å². The standard InChI is InChI=1S/C14H21NO2/c1-4-15(8-9-17-5-2)14-7-6-12(3)10-13(14)11-16/h6-7,10-11H,4-5,8-9H2,1-3H3. The third kappa shape index (κ3) is 3.86. The Morgan fingerprint density at radius 1 is 1.35 bits per heavy atom. The molecule has 94 valence electrons. The van der Waals surface area contributed by atoms with E-state index in [0.717, 1.165) is 42.8 Å². The molecular formula is C14H21NO2. The van der Waals surface area contributed by atoms with Crippen molar-refractivity contribution < 1.29 is 9.53 Å². The van der Waals surface area contributed by atoms with Crippen LogP contribution in [-0.2, 0) is 4.74 Å². The van der Waals surface area contributed by atoms with Crippen LogP contribution < -0.4 is 4.90 Å². The highest BCUT2D eigenvalue weighted by Crippen LogP contribution is 2.20. The van der Waals surface area contributed by atoms with Gasteiger partial charge < -0.3 is 9.64 Å². The number of carbonyl (C=O) groups excluding carboxylic acids is 1. The first kappa shape index (κ1) is 13.7. The molecule has 0 spiro atoms. The van der Waals surface area contributed by atoms with Crippen LogP contribution >= 0.6 is 0 Å². The molecule has 0 amide bonds. The van der Waals surface area contributed by atoms with E-state index in [9.17, 15) is 4.79 Å². The van der Waals surface area contributed by atoms with E-state index in [1.54, 1.807) is 0 Å².